The van der Waals surface area contributed by atoms with Gasteiger partial charge in [-0.05, 0) is 57.3 Å². The molecule has 1 aliphatic rings. The summed E-state index contributed by atoms with van der Waals surface area (Å²) in [6.45, 7) is 7.39. The van der Waals surface area contributed by atoms with Gasteiger partial charge in [0.2, 0.25) is 0 Å². The molecule has 1 fully saturated rings. The van der Waals surface area contributed by atoms with E-state index in [0.717, 1.165) is 6.04 Å². The predicted octanol–water partition coefficient (Wildman–Crippen LogP) is 2.98. The monoisotopic (exact) mass is 258 g/mol. The van der Waals surface area contributed by atoms with E-state index in [-0.39, 0.29) is 0 Å². The van der Waals surface area contributed by atoms with E-state index in [9.17, 15) is 0 Å². The first kappa shape index (κ1) is 15.3. The lowest BCUT2D eigenvalue weighted by atomic mass is 10.2. The molecule has 17 heavy (non-hydrogen) atoms. The van der Waals surface area contributed by atoms with Gasteiger partial charge in [0.25, 0.3) is 0 Å². The minimum atomic E-state index is 0.731. The number of unbranched alkanes of at least 4 members (excludes halogenated alkanes) is 3. The number of hydrogen-bond acceptors (Lipinski definition) is 3. The first-order valence-electron chi connectivity index (χ1n) is 7.31. The molecule has 1 atom stereocenters. The van der Waals surface area contributed by atoms with Crippen LogP contribution in [0.15, 0.2) is 0 Å². The molecule has 0 saturated carbocycles. The molecule has 0 amide bonds. The number of nitrogens with zero attached hydrogens (tertiary/aromatic N) is 1. The van der Waals surface area contributed by atoms with Crippen molar-refractivity contribution < 1.29 is 0 Å². The Labute approximate surface area is 112 Å². The second-order valence-corrected chi connectivity index (χ2v) is 6.11. The van der Waals surface area contributed by atoms with E-state index in [2.05, 4.69) is 23.4 Å². The summed E-state index contributed by atoms with van der Waals surface area (Å²) in [5.41, 5.74) is 0. The van der Waals surface area contributed by atoms with Crippen LogP contribution in [0.1, 0.15) is 45.4 Å². The van der Waals surface area contributed by atoms with Crippen molar-refractivity contribution in [3.05, 3.63) is 0 Å². The van der Waals surface area contributed by atoms with Gasteiger partial charge in [-0.25, -0.2) is 0 Å². The minimum absolute atomic E-state index is 0.731. The third kappa shape index (κ3) is 7.32. The van der Waals surface area contributed by atoms with Gasteiger partial charge in [-0.1, -0.05) is 19.8 Å². The summed E-state index contributed by atoms with van der Waals surface area (Å²) in [4.78, 5) is 2.67. The Bertz CT molecular complexity index is 176. The molecule has 1 N–H and O–H groups in total. The molecule has 0 aromatic rings. The molecule has 1 aliphatic heterocycles. The van der Waals surface area contributed by atoms with Crippen molar-refractivity contribution in [2.45, 2.75) is 51.5 Å². The lowest BCUT2D eigenvalue weighted by Gasteiger charge is -2.23. The summed E-state index contributed by atoms with van der Waals surface area (Å²) in [5.74, 6) is 1.34. The van der Waals surface area contributed by atoms with Crippen molar-refractivity contribution in [2.24, 2.45) is 0 Å². The van der Waals surface area contributed by atoms with Crippen molar-refractivity contribution in [2.75, 3.05) is 38.2 Å². The fourth-order valence-corrected chi connectivity index (χ4v) is 2.98. The molecule has 0 aromatic carbocycles. The van der Waals surface area contributed by atoms with Crippen LogP contribution in [0, 0.1) is 0 Å². The second-order valence-electron chi connectivity index (χ2n) is 5.12. The minimum Gasteiger partial charge on any atom is -0.313 e. The Kier molecular flexibility index (Phi) is 9.21. The molecule has 1 heterocycles. The van der Waals surface area contributed by atoms with E-state index in [1.807, 2.05) is 11.8 Å². The van der Waals surface area contributed by atoms with E-state index in [1.54, 1.807) is 0 Å². The third-order valence-electron chi connectivity index (χ3n) is 3.63. The number of thioether (sulfide) groups is 1. The Morgan fingerprint density at radius 1 is 1.24 bits per heavy atom. The Balaban J connectivity index is 2.04. The van der Waals surface area contributed by atoms with Crippen LogP contribution in [0.3, 0.4) is 0 Å². The summed E-state index contributed by atoms with van der Waals surface area (Å²) in [6.07, 6.45) is 10.4. The zero-order valence-electron chi connectivity index (χ0n) is 11.7. The molecule has 1 unspecified atom stereocenters. The number of nitrogens with one attached hydrogen (secondary N) is 1. The van der Waals surface area contributed by atoms with E-state index in [1.165, 1.54) is 70.5 Å². The molecule has 2 nitrogen and oxygen atoms in total. The summed E-state index contributed by atoms with van der Waals surface area (Å²) < 4.78 is 0. The van der Waals surface area contributed by atoms with E-state index >= 15 is 0 Å². The molecule has 102 valence electrons. The fraction of sp³-hybridized carbons (Fsp3) is 1.00. The molecule has 1 saturated heterocycles. The van der Waals surface area contributed by atoms with Crippen LogP contribution in [0.2, 0.25) is 0 Å². The maximum Gasteiger partial charge on any atom is 0.0192 e. The van der Waals surface area contributed by atoms with Crippen LogP contribution < -0.4 is 5.32 Å². The molecular formula is C14H30N2S. The molecule has 0 aromatic heterocycles. The summed E-state index contributed by atoms with van der Waals surface area (Å²) in [5, 5.41) is 3.64. The van der Waals surface area contributed by atoms with E-state index in [0.29, 0.717) is 0 Å². The average Bonchev–Trinajstić information content (AvgIpc) is 2.58. The van der Waals surface area contributed by atoms with Gasteiger partial charge >= 0.3 is 0 Å². The third-order valence-corrected chi connectivity index (χ3v) is 4.33. The van der Waals surface area contributed by atoms with Gasteiger partial charge in [0.15, 0.2) is 0 Å². The Morgan fingerprint density at radius 3 is 2.82 bits per heavy atom. The predicted molar refractivity (Wildman–Crippen MR) is 80.0 cm³/mol. The van der Waals surface area contributed by atoms with Gasteiger partial charge in [-0.2, -0.15) is 11.8 Å². The lowest BCUT2D eigenvalue weighted by Crippen LogP contribution is -2.37. The average molecular weight is 258 g/mol. The van der Waals surface area contributed by atoms with Gasteiger partial charge in [-0.15, -0.1) is 0 Å². The van der Waals surface area contributed by atoms with Gasteiger partial charge in [-0.3, -0.25) is 0 Å². The summed E-state index contributed by atoms with van der Waals surface area (Å²) >= 11 is 1.98. The van der Waals surface area contributed by atoms with Crippen LogP contribution in [0.4, 0.5) is 0 Å². The zero-order chi connectivity index (χ0) is 12.3. The van der Waals surface area contributed by atoms with Gasteiger partial charge in [0.1, 0.15) is 0 Å². The van der Waals surface area contributed by atoms with Crippen molar-refractivity contribution in [1.29, 1.82) is 0 Å². The topological polar surface area (TPSA) is 15.3 Å². The van der Waals surface area contributed by atoms with Gasteiger partial charge < -0.3 is 10.2 Å². The number of hydrogen-bond donors (Lipinski definition) is 1. The standard InChI is InChI=1S/C14H30N2S/c1-3-14-13-16(11-8-9-15-14)10-6-4-5-7-12-17-2/h14-15H,3-13H2,1-2H3. The van der Waals surface area contributed by atoms with Crippen molar-refractivity contribution in [1.82, 2.24) is 10.2 Å². The smallest absolute Gasteiger partial charge is 0.0192 e. The summed E-state index contributed by atoms with van der Waals surface area (Å²) in [6, 6.07) is 0.731. The Hall–Kier alpha value is 0.270. The highest BCUT2D eigenvalue weighted by molar-refractivity contribution is 7.98. The molecular weight excluding hydrogens is 228 g/mol. The van der Waals surface area contributed by atoms with Crippen LogP contribution in [-0.4, -0.2) is 49.1 Å². The maximum atomic E-state index is 3.64. The van der Waals surface area contributed by atoms with Gasteiger partial charge in [0.05, 0.1) is 0 Å². The normalized spacial score (nSPS) is 22.6. The highest BCUT2D eigenvalue weighted by Gasteiger charge is 2.15. The van der Waals surface area contributed by atoms with E-state index in [4.69, 9.17) is 0 Å². The quantitative estimate of drug-likeness (QED) is 0.674. The van der Waals surface area contributed by atoms with Crippen LogP contribution >= 0.6 is 11.8 Å². The fourth-order valence-electron chi connectivity index (χ4n) is 2.49. The molecule has 0 spiro atoms. The molecule has 1 rings (SSSR count). The first-order chi connectivity index (χ1) is 8.36. The van der Waals surface area contributed by atoms with Crippen LogP contribution in [0.25, 0.3) is 0 Å². The van der Waals surface area contributed by atoms with Crippen LogP contribution in [0.5, 0.6) is 0 Å². The Morgan fingerprint density at radius 2 is 2.06 bits per heavy atom. The zero-order valence-corrected chi connectivity index (χ0v) is 12.5. The highest BCUT2D eigenvalue weighted by atomic mass is 32.2. The highest BCUT2D eigenvalue weighted by Crippen LogP contribution is 2.08. The van der Waals surface area contributed by atoms with E-state index < -0.39 is 0 Å². The summed E-state index contributed by atoms with van der Waals surface area (Å²) in [7, 11) is 0. The molecule has 0 radical (unpaired) electrons. The maximum absolute atomic E-state index is 3.64. The van der Waals surface area contributed by atoms with Crippen molar-refractivity contribution in [3.63, 3.8) is 0 Å². The SMILES string of the molecule is CCC1CN(CCCCCCSC)CCCN1. The second kappa shape index (κ2) is 10.2. The molecule has 0 aliphatic carbocycles. The largest absolute Gasteiger partial charge is 0.313 e. The molecule has 0 bridgehead atoms. The van der Waals surface area contributed by atoms with Crippen molar-refractivity contribution >= 4 is 11.8 Å². The van der Waals surface area contributed by atoms with Crippen molar-refractivity contribution in [3.8, 4) is 0 Å². The first-order valence-corrected chi connectivity index (χ1v) is 8.71. The van der Waals surface area contributed by atoms with Crippen LogP contribution in [-0.2, 0) is 0 Å². The molecule has 3 heteroatoms. The lowest BCUT2D eigenvalue weighted by molar-refractivity contribution is 0.259. The number of rotatable bonds is 8. The van der Waals surface area contributed by atoms with Gasteiger partial charge in [0, 0.05) is 12.6 Å².